The van der Waals surface area contributed by atoms with E-state index in [-0.39, 0.29) is 11.9 Å². The van der Waals surface area contributed by atoms with Crippen molar-refractivity contribution in [2.75, 3.05) is 57.5 Å². The van der Waals surface area contributed by atoms with Gasteiger partial charge in [0.1, 0.15) is 0 Å². The molecule has 0 aliphatic heterocycles. The van der Waals surface area contributed by atoms with E-state index in [4.69, 9.17) is 11.5 Å². The molecule has 144 valence electrons. The monoisotopic (exact) mass is 475 g/mol. The van der Waals surface area contributed by atoms with E-state index in [2.05, 4.69) is 52.8 Å². The molecule has 2 atom stereocenters. The SMILES string of the molecule is Nc1nc(N)nc(SCC(CSCCS)SCC(CS)SCCS)n1. The quantitative estimate of drug-likeness (QED) is 0.158. The lowest BCUT2D eigenvalue weighted by molar-refractivity contribution is 0.927. The lowest BCUT2D eigenvalue weighted by atomic mass is 10.5. The lowest BCUT2D eigenvalue weighted by Gasteiger charge is -2.19. The fourth-order valence-electron chi connectivity index (χ4n) is 1.66. The largest absolute Gasteiger partial charge is 0.368 e. The lowest BCUT2D eigenvalue weighted by Crippen LogP contribution is -2.17. The summed E-state index contributed by atoms with van der Waals surface area (Å²) in [4.78, 5) is 12.1. The summed E-state index contributed by atoms with van der Waals surface area (Å²) in [5.41, 5.74) is 11.3. The van der Waals surface area contributed by atoms with E-state index in [0.29, 0.717) is 15.7 Å². The Kier molecular flexibility index (Phi) is 14.5. The van der Waals surface area contributed by atoms with Crippen LogP contribution in [0.2, 0.25) is 0 Å². The molecule has 1 rings (SSSR count). The zero-order valence-corrected chi connectivity index (χ0v) is 19.7. The van der Waals surface area contributed by atoms with Crippen molar-refractivity contribution in [1.82, 2.24) is 15.0 Å². The maximum absolute atomic E-state index is 5.64. The van der Waals surface area contributed by atoms with Gasteiger partial charge in [-0.2, -0.15) is 88.1 Å². The summed E-state index contributed by atoms with van der Waals surface area (Å²) >= 11 is 20.5. The zero-order chi connectivity index (χ0) is 18.5. The Morgan fingerprint density at radius 1 is 0.800 bits per heavy atom. The summed E-state index contributed by atoms with van der Waals surface area (Å²) in [6.45, 7) is 0. The highest BCUT2D eigenvalue weighted by molar-refractivity contribution is 8.07. The number of nitrogens with zero attached hydrogens (tertiary/aromatic N) is 3. The standard InChI is InChI=1S/C13H25N5S7/c14-11-16-12(15)18-13(17-11)25-8-10(6-22-3-1-19)24-7-9(5-21)23-4-2-20/h9-10,19-21H,1-8H2,(H4,14,15,16,17,18). The molecule has 0 aliphatic carbocycles. The van der Waals surface area contributed by atoms with Crippen LogP contribution in [0.15, 0.2) is 5.16 Å². The van der Waals surface area contributed by atoms with Gasteiger partial charge >= 0.3 is 0 Å². The van der Waals surface area contributed by atoms with Gasteiger partial charge in [-0.05, 0) is 11.5 Å². The van der Waals surface area contributed by atoms with Crippen LogP contribution in [-0.2, 0) is 0 Å². The molecule has 4 N–H and O–H groups in total. The normalized spacial score (nSPS) is 13.7. The van der Waals surface area contributed by atoms with E-state index in [9.17, 15) is 0 Å². The smallest absolute Gasteiger partial charge is 0.225 e. The maximum atomic E-state index is 5.64. The number of thioether (sulfide) groups is 4. The molecular formula is C13H25N5S7. The number of nitrogen functional groups attached to an aromatic ring is 2. The molecule has 1 heterocycles. The number of hydrogen-bond acceptors (Lipinski definition) is 12. The molecule has 1 aromatic rings. The van der Waals surface area contributed by atoms with E-state index >= 15 is 0 Å². The Labute approximate surface area is 183 Å². The first-order chi connectivity index (χ1) is 12.1. The van der Waals surface area contributed by atoms with Gasteiger partial charge in [0.05, 0.1) is 0 Å². The molecule has 25 heavy (non-hydrogen) atoms. The van der Waals surface area contributed by atoms with E-state index in [0.717, 1.165) is 46.0 Å². The summed E-state index contributed by atoms with van der Waals surface area (Å²) in [6, 6.07) is 0. The fourth-order valence-corrected chi connectivity index (χ4v) is 7.61. The predicted molar refractivity (Wildman–Crippen MR) is 131 cm³/mol. The molecule has 0 saturated heterocycles. The van der Waals surface area contributed by atoms with Crippen LogP contribution in [0.25, 0.3) is 0 Å². The van der Waals surface area contributed by atoms with Crippen molar-refractivity contribution in [2.24, 2.45) is 0 Å². The van der Waals surface area contributed by atoms with Gasteiger partial charge in [-0.25, -0.2) is 0 Å². The molecule has 0 saturated carbocycles. The number of thiol groups is 3. The van der Waals surface area contributed by atoms with Crippen LogP contribution < -0.4 is 11.5 Å². The molecule has 0 spiro atoms. The highest BCUT2D eigenvalue weighted by Gasteiger charge is 2.16. The topological polar surface area (TPSA) is 90.7 Å². The van der Waals surface area contributed by atoms with E-state index in [1.54, 1.807) is 11.8 Å². The van der Waals surface area contributed by atoms with E-state index in [1.165, 1.54) is 0 Å². The first-order valence-corrected chi connectivity index (χ1v) is 13.8. The Bertz CT molecular complexity index is 462. The minimum atomic E-state index is 0.168. The van der Waals surface area contributed by atoms with Crippen molar-refractivity contribution in [1.29, 1.82) is 0 Å². The van der Waals surface area contributed by atoms with Crippen molar-refractivity contribution < 1.29 is 0 Å². The van der Waals surface area contributed by atoms with Crippen molar-refractivity contribution in [3.05, 3.63) is 0 Å². The third kappa shape index (κ3) is 11.5. The summed E-state index contributed by atoms with van der Waals surface area (Å²) in [7, 11) is 0. The number of anilines is 2. The number of aromatic nitrogens is 3. The third-order valence-corrected chi connectivity index (χ3v) is 9.91. The predicted octanol–water partition coefficient (Wildman–Crippen LogP) is 2.85. The summed E-state index contributed by atoms with van der Waals surface area (Å²) in [5, 5.41) is 1.63. The molecule has 0 radical (unpaired) electrons. The Hall–Kier alpha value is 1.06. The zero-order valence-electron chi connectivity index (χ0n) is 13.8. The van der Waals surface area contributed by atoms with Gasteiger partial charge in [-0.1, -0.05) is 11.8 Å². The molecule has 2 unspecified atom stereocenters. The Balaban J connectivity index is 2.53. The second-order valence-electron chi connectivity index (χ2n) is 4.80. The minimum absolute atomic E-state index is 0.168. The van der Waals surface area contributed by atoms with E-state index < -0.39 is 0 Å². The summed E-state index contributed by atoms with van der Waals surface area (Å²) in [5.74, 6) is 8.20. The Morgan fingerprint density at radius 3 is 2.08 bits per heavy atom. The Morgan fingerprint density at radius 2 is 1.48 bits per heavy atom. The molecule has 5 nitrogen and oxygen atoms in total. The molecule has 0 fully saturated rings. The summed E-state index contributed by atoms with van der Waals surface area (Å²) < 4.78 is 0. The van der Waals surface area contributed by atoms with Crippen molar-refractivity contribution >= 4 is 96.8 Å². The summed E-state index contributed by atoms with van der Waals surface area (Å²) in [6.07, 6.45) is 0. The maximum Gasteiger partial charge on any atom is 0.225 e. The van der Waals surface area contributed by atoms with Crippen molar-refractivity contribution in [3.8, 4) is 0 Å². The average molecular weight is 476 g/mol. The third-order valence-electron chi connectivity index (χ3n) is 2.75. The van der Waals surface area contributed by atoms with Crippen molar-refractivity contribution in [3.63, 3.8) is 0 Å². The van der Waals surface area contributed by atoms with Gasteiger partial charge in [-0.3, -0.25) is 0 Å². The highest BCUT2D eigenvalue weighted by Crippen LogP contribution is 2.28. The van der Waals surface area contributed by atoms with Crippen LogP contribution >= 0.6 is 84.9 Å². The van der Waals surface area contributed by atoms with Gasteiger partial charge in [0.15, 0.2) is 5.16 Å². The first kappa shape index (κ1) is 24.1. The second kappa shape index (κ2) is 15.0. The van der Waals surface area contributed by atoms with Crippen LogP contribution in [0.4, 0.5) is 11.9 Å². The van der Waals surface area contributed by atoms with Crippen LogP contribution in [0.1, 0.15) is 0 Å². The van der Waals surface area contributed by atoms with Crippen LogP contribution in [-0.4, -0.2) is 71.5 Å². The van der Waals surface area contributed by atoms with Crippen molar-refractivity contribution in [2.45, 2.75) is 15.7 Å². The van der Waals surface area contributed by atoms with Gasteiger partial charge in [0.2, 0.25) is 11.9 Å². The molecular weight excluding hydrogens is 451 g/mol. The average Bonchev–Trinajstić information content (AvgIpc) is 2.58. The molecule has 0 aromatic carbocycles. The first-order valence-electron chi connectivity index (χ1n) is 7.62. The highest BCUT2D eigenvalue weighted by atomic mass is 32.2. The molecule has 0 aliphatic rings. The minimum Gasteiger partial charge on any atom is -0.368 e. The molecule has 12 heteroatoms. The van der Waals surface area contributed by atoms with E-state index in [1.807, 2.05) is 35.3 Å². The second-order valence-corrected chi connectivity index (χ2v) is 10.9. The fraction of sp³-hybridized carbons (Fsp3) is 0.769. The van der Waals surface area contributed by atoms with Crippen LogP contribution in [0.5, 0.6) is 0 Å². The molecule has 0 amide bonds. The molecule has 0 bridgehead atoms. The van der Waals surface area contributed by atoms with Crippen LogP contribution in [0.3, 0.4) is 0 Å². The number of rotatable bonds is 14. The number of nitrogens with two attached hydrogens (primary N) is 2. The van der Waals surface area contributed by atoms with Crippen LogP contribution in [0, 0.1) is 0 Å². The van der Waals surface area contributed by atoms with Gasteiger partial charge in [0.25, 0.3) is 0 Å². The van der Waals surface area contributed by atoms with Gasteiger partial charge in [0, 0.05) is 45.0 Å². The number of hydrogen-bond donors (Lipinski definition) is 5. The van der Waals surface area contributed by atoms with Gasteiger partial charge in [-0.15, -0.1) is 0 Å². The molecule has 1 aromatic heterocycles. The van der Waals surface area contributed by atoms with Gasteiger partial charge < -0.3 is 11.5 Å².